The number of rotatable bonds is 3. The largest absolute Gasteiger partial charge is 0.393 e. The van der Waals surface area contributed by atoms with Crippen molar-refractivity contribution in [1.82, 2.24) is 9.80 Å². The topological polar surface area (TPSA) is 43.8 Å². The molecule has 4 nitrogen and oxygen atoms in total. The smallest absolute Gasteiger partial charge is 0.236 e. The molecule has 2 fully saturated rings. The Labute approximate surface area is 110 Å². The van der Waals surface area contributed by atoms with Crippen LogP contribution < -0.4 is 0 Å². The Morgan fingerprint density at radius 2 is 1.94 bits per heavy atom. The Hall–Kier alpha value is -0.610. The average Bonchev–Trinajstić information content (AvgIpc) is 2.81. The lowest BCUT2D eigenvalue weighted by Gasteiger charge is -2.31. The fourth-order valence-electron chi connectivity index (χ4n) is 2.92. The third-order valence-electron chi connectivity index (χ3n) is 4.49. The molecule has 0 aliphatic carbocycles. The molecule has 0 saturated carbocycles. The van der Waals surface area contributed by atoms with E-state index in [1.807, 2.05) is 11.8 Å². The Morgan fingerprint density at radius 3 is 2.50 bits per heavy atom. The Bertz CT molecular complexity index is 286. The van der Waals surface area contributed by atoms with Crippen molar-refractivity contribution in [3.8, 4) is 0 Å². The molecular formula is C14H26N2O2. The van der Waals surface area contributed by atoms with Crippen molar-refractivity contribution in [1.29, 1.82) is 0 Å². The highest BCUT2D eigenvalue weighted by Crippen LogP contribution is 2.21. The van der Waals surface area contributed by atoms with Crippen molar-refractivity contribution >= 4 is 5.91 Å². The van der Waals surface area contributed by atoms with Crippen LogP contribution in [0.4, 0.5) is 0 Å². The van der Waals surface area contributed by atoms with Crippen LogP contribution in [0.15, 0.2) is 0 Å². The third-order valence-corrected chi connectivity index (χ3v) is 4.49. The molecule has 2 saturated heterocycles. The number of likely N-dealkylation sites (tertiary alicyclic amines) is 2. The van der Waals surface area contributed by atoms with Crippen LogP contribution in [0.2, 0.25) is 0 Å². The predicted octanol–water partition coefficient (Wildman–Crippen LogP) is 0.948. The summed E-state index contributed by atoms with van der Waals surface area (Å²) in [6, 6.07) is 0. The minimum absolute atomic E-state index is 0.243. The van der Waals surface area contributed by atoms with Crippen LogP contribution in [-0.4, -0.2) is 59.6 Å². The van der Waals surface area contributed by atoms with Crippen LogP contribution in [0, 0.1) is 11.8 Å². The van der Waals surface area contributed by atoms with Gasteiger partial charge >= 0.3 is 0 Å². The second kappa shape index (κ2) is 6.02. The van der Waals surface area contributed by atoms with Crippen LogP contribution in [0.3, 0.4) is 0 Å². The van der Waals surface area contributed by atoms with Crippen LogP contribution in [-0.2, 0) is 4.79 Å². The summed E-state index contributed by atoms with van der Waals surface area (Å²) >= 11 is 0. The number of aliphatic hydroxyl groups excluding tert-OH is 1. The Kier molecular flexibility index (Phi) is 4.62. The highest BCUT2D eigenvalue weighted by molar-refractivity contribution is 5.78. The molecular weight excluding hydrogens is 228 g/mol. The summed E-state index contributed by atoms with van der Waals surface area (Å²) < 4.78 is 0. The van der Waals surface area contributed by atoms with E-state index in [0.29, 0.717) is 6.54 Å². The van der Waals surface area contributed by atoms with E-state index < -0.39 is 0 Å². The molecule has 18 heavy (non-hydrogen) atoms. The van der Waals surface area contributed by atoms with E-state index in [-0.39, 0.29) is 17.9 Å². The average molecular weight is 254 g/mol. The summed E-state index contributed by atoms with van der Waals surface area (Å²) in [6.45, 7) is 8.34. The summed E-state index contributed by atoms with van der Waals surface area (Å²) in [5.74, 6) is 1.32. The molecule has 2 aliphatic rings. The van der Waals surface area contributed by atoms with Gasteiger partial charge in [0.25, 0.3) is 0 Å². The van der Waals surface area contributed by atoms with E-state index in [4.69, 9.17) is 0 Å². The van der Waals surface area contributed by atoms with Crippen molar-refractivity contribution < 1.29 is 9.90 Å². The molecule has 1 amide bonds. The number of carbonyl (C=O) groups is 1. The van der Waals surface area contributed by atoms with E-state index in [1.165, 1.54) is 12.8 Å². The minimum Gasteiger partial charge on any atom is -0.393 e. The first kappa shape index (κ1) is 13.8. The molecule has 2 unspecified atom stereocenters. The van der Waals surface area contributed by atoms with E-state index in [1.54, 1.807) is 0 Å². The lowest BCUT2D eigenvalue weighted by Crippen LogP contribution is -2.42. The van der Waals surface area contributed by atoms with Gasteiger partial charge < -0.3 is 10.0 Å². The third kappa shape index (κ3) is 3.45. The summed E-state index contributed by atoms with van der Waals surface area (Å²) in [5.41, 5.74) is 0. The van der Waals surface area contributed by atoms with E-state index in [2.05, 4.69) is 11.8 Å². The number of carbonyl (C=O) groups excluding carboxylic acids is 1. The molecule has 0 aromatic rings. The first-order valence-corrected chi connectivity index (χ1v) is 7.24. The molecule has 104 valence electrons. The second-order valence-electron chi connectivity index (χ2n) is 6.09. The minimum atomic E-state index is -0.293. The van der Waals surface area contributed by atoms with Gasteiger partial charge in [-0.15, -0.1) is 0 Å². The van der Waals surface area contributed by atoms with Crippen LogP contribution in [0.25, 0.3) is 0 Å². The summed E-state index contributed by atoms with van der Waals surface area (Å²) in [6.07, 6.45) is 3.08. The molecule has 0 radical (unpaired) electrons. The van der Waals surface area contributed by atoms with Crippen LogP contribution in [0.1, 0.15) is 33.1 Å². The maximum absolute atomic E-state index is 12.2. The molecule has 4 heteroatoms. The quantitative estimate of drug-likeness (QED) is 0.815. The van der Waals surface area contributed by atoms with Gasteiger partial charge in [0.2, 0.25) is 5.91 Å². The van der Waals surface area contributed by atoms with Crippen molar-refractivity contribution in [3.05, 3.63) is 0 Å². The number of aliphatic hydroxyl groups is 1. The van der Waals surface area contributed by atoms with E-state index in [9.17, 15) is 9.90 Å². The van der Waals surface area contributed by atoms with Crippen LogP contribution >= 0.6 is 0 Å². The van der Waals surface area contributed by atoms with Gasteiger partial charge in [0.15, 0.2) is 0 Å². The summed E-state index contributed by atoms with van der Waals surface area (Å²) in [4.78, 5) is 16.4. The molecule has 1 N–H and O–H groups in total. The number of amides is 1. The highest BCUT2D eigenvalue weighted by Gasteiger charge is 2.30. The molecule has 0 spiro atoms. The molecule has 2 heterocycles. The zero-order valence-corrected chi connectivity index (χ0v) is 11.6. The maximum atomic E-state index is 12.2. The van der Waals surface area contributed by atoms with Gasteiger partial charge in [-0.05, 0) is 45.2 Å². The lowest BCUT2D eigenvalue weighted by atomic mass is 9.99. The first-order valence-electron chi connectivity index (χ1n) is 7.24. The normalized spacial score (nSPS) is 28.6. The number of piperidine rings is 1. The monoisotopic (exact) mass is 254 g/mol. The number of nitrogens with zero attached hydrogens (tertiary/aromatic N) is 2. The number of hydrogen-bond donors (Lipinski definition) is 1. The highest BCUT2D eigenvalue weighted by atomic mass is 16.3. The maximum Gasteiger partial charge on any atom is 0.236 e. The van der Waals surface area contributed by atoms with Gasteiger partial charge in [0.05, 0.1) is 12.6 Å². The lowest BCUT2D eigenvalue weighted by molar-refractivity contribution is -0.132. The van der Waals surface area contributed by atoms with Crippen molar-refractivity contribution in [2.45, 2.75) is 39.2 Å². The van der Waals surface area contributed by atoms with Gasteiger partial charge in [-0.3, -0.25) is 9.69 Å². The van der Waals surface area contributed by atoms with Crippen molar-refractivity contribution in [2.24, 2.45) is 11.8 Å². The van der Waals surface area contributed by atoms with E-state index >= 15 is 0 Å². The van der Waals surface area contributed by atoms with E-state index in [0.717, 1.165) is 38.5 Å². The summed E-state index contributed by atoms with van der Waals surface area (Å²) in [7, 11) is 0. The number of hydrogen-bond acceptors (Lipinski definition) is 3. The summed E-state index contributed by atoms with van der Waals surface area (Å²) in [5, 5.41) is 9.55. The molecule has 2 aliphatic heterocycles. The SMILES string of the molecule is CC1CCN(CC(=O)N2CCC(C(C)O)C2)CC1. The fourth-order valence-corrected chi connectivity index (χ4v) is 2.92. The molecule has 2 rings (SSSR count). The molecule has 0 bridgehead atoms. The van der Waals surface area contributed by atoms with Crippen molar-refractivity contribution in [3.63, 3.8) is 0 Å². The van der Waals surface area contributed by atoms with Gasteiger partial charge in [0, 0.05) is 19.0 Å². The van der Waals surface area contributed by atoms with Gasteiger partial charge in [-0.25, -0.2) is 0 Å². The predicted molar refractivity (Wildman–Crippen MR) is 71.2 cm³/mol. The zero-order chi connectivity index (χ0) is 13.1. The van der Waals surface area contributed by atoms with Gasteiger partial charge in [-0.2, -0.15) is 0 Å². The molecule has 2 atom stereocenters. The first-order chi connectivity index (χ1) is 8.56. The molecule has 0 aromatic heterocycles. The molecule has 0 aromatic carbocycles. The van der Waals surface area contributed by atoms with Crippen LogP contribution in [0.5, 0.6) is 0 Å². The fraction of sp³-hybridized carbons (Fsp3) is 0.929. The zero-order valence-electron chi connectivity index (χ0n) is 11.6. The van der Waals surface area contributed by atoms with Gasteiger partial charge in [-0.1, -0.05) is 6.92 Å². The second-order valence-corrected chi connectivity index (χ2v) is 6.09. The Morgan fingerprint density at radius 1 is 1.28 bits per heavy atom. The van der Waals surface area contributed by atoms with Crippen molar-refractivity contribution in [2.75, 3.05) is 32.7 Å². The standard InChI is InChI=1S/C14H26N2O2/c1-11-3-6-15(7-4-11)10-14(18)16-8-5-13(9-16)12(2)17/h11-13,17H,3-10H2,1-2H3. The Balaban J connectivity index is 1.75. The van der Waals surface area contributed by atoms with Gasteiger partial charge in [0.1, 0.15) is 0 Å².